The highest BCUT2D eigenvalue weighted by molar-refractivity contribution is 14.0. The zero-order valence-corrected chi connectivity index (χ0v) is 19.7. The van der Waals surface area contributed by atoms with Gasteiger partial charge in [-0.3, -0.25) is 9.20 Å². The van der Waals surface area contributed by atoms with Gasteiger partial charge in [0, 0.05) is 40.5 Å². The van der Waals surface area contributed by atoms with Crippen LogP contribution < -0.4 is 10.6 Å². The lowest BCUT2D eigenvalue weighted by Gasteiger charge is -2.30. The number of halogens is 4. The number of guanidine groups is 1. The SMILES string of the molecule is CCS(=O)C1CCCC(NC(=NC)NCC#Cc2ccc(C(F)(F)F)cc2)C1.I. The smallest absolute Gasteiger partial charge is 0.354 e. The fourth-order valence-corrected chi connectivity index (χ4v) is 4.50. The first-order valence-electron chi connectivity index (χ1n) is 9.34. The van der Waals surface area contributed by atoms with Crippen LogP contribution >= 0.6 is 24.0 Å². The van der Waals surface area contributed by atoms with Crippen LogP contribution in [-0.4, -0.2) is 40.8 Å². The molecule has 1 fully saturated rings. The summed E-state index contributed by atoms with van der Waals surface area (Å²) in [5.41, 5.74) is -0.162. The van der Waals surface area contributed by atoms with Gasteiger partial charge in [-0.2, -0.15) is 13.2 Å². The second-order valence-electron chi connectivity index (χ2n) is 6.60. The summed E-state index contributed by atoms with van der Waals surface area (Å²) in [6.45, 7) is 2.26. The number of hydrogen-bond donors (Lipinski definition) is 2. The molecule has 162 valence electrons. The number of aliphatic imine (C=N–C) groups is 1. The van der Waals surface area contributed by atoms with Crippen molar-refractivity contribution in [3.05, 3.63) is 35.4 Å². The molecule has 1 aromatic carbocycles. The predicted molar refractivity (Wildman–Crippen MR) is 123 cm³/mol. The van der Waals surface area contributed by atoms with Crippen molar-refractivity contribution in [1.29, 1.82) is 0 Å². The number of nitrogens with one attached hydrogen (secondary N) is 2. The van der Waals surface area contributed by atoms with Crippen LogP contribution in [0, 0.1) is 11.8 Å². The van der Waals surface area contributed by atoms with E-state index in [4.69, 9.17) is 0 Å². The Morgan fingerprint density at radius 2 is 1.97 bits per heavy atom. The fourth-order valence-electron chi connectivity index (χ4n) is 3.16. The Morgan fingerprint density at radius 3 is 2.55 bits per heavy atom. The molecule has 1 saturated carbocycles. The van der Waals surface area contributed by atoms with Crippen LogP contribution in [0.4, 0.5) is 13.2 Å². The van der Waals surface area contributed by atoms with Crippen molar-refractivity contribution in [2.45, 2.75) is 50.1 Å². The largest absolute Gasteiger partial charge is 0.416 e. The number of rotatable bonds is 4. The monoisotopic (exact) mass is 541 g/mol. The molecule has 0 heterocycles. The Bertz CT molecular complexity index is 757. The molecule has 9 heteroatoms. The molecule has 1 aromatic rings. The minimum atomic E-state index is -4.34. The Morgan fingerprint density at radius 1 is 1.28 bits per heavy atom. The van der Waals surface area contributed by atoms with Crippen molar-refractivity contribution in [2.24, 2.45) is 4.99 Å². The van der Waals surface area contributed by atoms with Gasteiger partial charge in [-0.15, -0.1) is 24.0 Å². The van der Waals surface area contributed by atoms with Crippen molar-refractivity contribution in [3.63, 3.8) is 0 Å². The van der Waals surface area contributed by atoms with Gasteiger partial charge in [0.2, 0.25) is 0 Å². The molecule has 2 N–H and O–H groups in total. The standard InChI is InChI=1S/C20H26F3N3OS.HI/c1-3-28(27)18-8-4-7-17(14-18)26-19(24-2)25-13-5-6-15-9-11-16(12-10-15)20(21,22)23;/h9-12,17-18H,3-4,7-8,13-14H2,1-2H3,(H2,24,25,26);1H. The van der Waals surface area contributed by atoms with E-state index in [9.17, 15) is 17.4 Å². The predicted octanol–water partition coefficient (Wildman–Crippen LogP) is 3.92. The molecule has 4 nitrogen and oxygen atoms in total. The maximum atomic E-state index is 12.6. The zero-order chi connectivity index (χ0) is 20.6. The molecule has 0 saturated heterocycles. The first-order valence-corrected chi connectivity index (χ1v) is 10.7. The third-order valence-electron chi connectivity index (χ3n) is 4.64. The van der Waals surface area contributed by atoms with Crippen LogP contribution in [0.1, 0.15) is 43.7 Å². The summed E-state index contributed by atoms with van der Waals surface area (Å²) in [6, 6.07) is 5.00. The van der Waals surface area contributed by atoms with Gasteiger partial charge >= 0.3 is 6.18 Å². The van der Waals surface area contributed by atoms with Crippen molar-refractivity contribution in [2.75, 3.05) is 19.3 Å². The summed E-state index contributed by atoms with van der Waals surface area (Å²) in [4.78, 5) is 4.18. The van der Waals surface area contributed by atoms with Gasteiger partial charge in [-0.25, -0.2) is 0 Å². The minimum absolute atomic E-state index is 0. The molecule has 1 aliphatic carbocycles. The van der Waals surface area contributed by atoms with E-state index in [2.05, 4.69) is 27.5 Å². The van der Waals surface area contributed by atoms with E-state index < -0.39 is 22.5 Å². The van der Waals surface area contributed by atoms with E-state index in [0.717, 1.165) is 37.8 Å². The van der Waals surface area contributed by atoms with Crippen molar-refractivity contribution < 1.29 is 17.4 Å². The topological polar surface area (TPSA) is 53.5 Å². The average Bonchev–Trinajstić information content (AvgIpc) is 2.69. The summed E-state index contributed by atoms with van der Waals surface area (Å²) in [7, 11) is 0.890. The number of hydrogen-bond acceptors (Lipinski definition) is 2. The quantitative estimate of drug-likeness (QED) is 0.263. The summed E-state index contributed by atoms with van der Waals surface area (Å²) in [6.07, 6.45) is -0.427. The van der Waals surface area contributed by atoms with Crippen LogP contribution in [0.15, 0.2) is 29.3 Å². The summed E-state index contributed by atoms with van der Waals surface area (Å²) in [5, 5.41) is 6.67. The molecular weight excluding hydrogens is 514 g/mol. The second kappa shape index (κ2) is 12.4. The highest BCUT2D eigenvalue weighted by atomic mass is 127. The second-order valence-corrected chi connectivity index (χ2v) is 8.61. The van der Waals surface area contributed by atoms with Gasteiger partial charge in [-0.05, 0) is 43.5 Å². The Labute approximate surface area is 190 Å². The Kier molecular flexibility index (Phi) is 11.0. The third kappa shape index (κ3) is 8.54. The van der Waals surface area contributed by atoms with Crippen molar-refractivity contribution in [1.82, 2.24) is 10.6 Å². The van der Waals surface area contributed by atoms with E-state index in [1.807, 2.05) is 6.92 Å². The molecular formula is C20H27F3IN3OS. The van der Waals surface area contributed by atoms with Crippen molar-refractivity contribution >= 4 is 40.7 Å². The van der Waals surface area contributed by atoms with Crippen LogP contribution in [-0.2, 0) is 17.0 Å². The molecule has 3 atom stereocenters. The molecule has 2 rings (SSSR count). The van der Waals surface area contributed by atoms with Gasteiger partial charge in [0.15, 0.2) is 5.96 Å². The highest BCUT2D eigenvalue weighted by Gasteiger charge is 2.29. The van der Waals surface area contributed by atoms with E-state index >= 15 is 0 Å². The van der Waals surface area contributed by atoms with Gasteiger partial charge in [-0.1, -0.05) is 25.2 Å². The first kappa shape index (κ1) is 25.8. The van der Waals surface area contributed by atoms with Crippen LogP contribution in [0.3, 0.4) is 0 Å². The van der Waals surface area contributed by atoms with E-state index in [0.29, 0.717) is 23.8 Å². The summed E-state index contributed by atoms with van der Waals surface area (Å²) < 4.78 is 49.7. The Balaban J connectivity index is 0.00000420. The van der Waals surface area contributed by atoms with E-state index in [-0.39, 0.29) is 35.3 Å². The average molecular weight is 541 g/mol. The molecule has 1 aliphatic rings. The number of nitrogens with zero attached hydrogens (tertiary/aromatic N) is 1. The maximum Gasteiger partial charge on any atom is 0.416 e. The highest BCUT2D eigenvalue weighted by Crippen LogP contribution is 2.29. The number of benzene rings is 1. The molecule has 29 heavy (non-hydrogen) atoms. The van der Waals surface area contributed by atoms with Gasteiger partial charge in [0.1, 0.15) is 0 Å². The minimum Gasteiger partial charge on any atom is -0.354 e. The summed E-state index contributed by atoms with van der Waals surface area (Å²) >= 11 is 0. The third-order valence-corrected chi connectivity index (χ3v) is 6.38. The first-order chi connectivity index (χ1) is 13.3. The lowest BCUT2D eigenvalue weighted by Crippen LogP contribution is -2.46. The van der Waals surface area contributed by atoms with Gasteiger partial charge < -0.3 is 10.6 Å². The molecule has 0 bridgehead atoms. The van der Waals surface area contributed by atoms with E-state index in [1.165, 1.54) is 12.1 Å². The molecule has 3 unspecified atom stereocenters. The van der Waals surface area contributed by atoms with Gasteiger partial charge in [0.05, 0.1) is 12.1 Å². The zero-order valence-electron chi connectivity index (χ0n) is 16.5. The Hall–Kier alpha value is -1.28. The molecule has 0 spiro atoms. The van der Waals surface area contributed by atoms with E-state index in [1.54, 1.807) is 7.05 Å². The van der Waals surface area contributed by atoms with Crippen LogP contribution in [0.2, 0.25) is 0 Å². The normalized spacial score (nSPS) is 20.7. The lowest BCUT2D eigenvalue weighted by atomic mass is 9.95. The van der Waals surface area contributed by atoms with Gasteiger partial charge in [0.25, 0.3) is 0 Å². The van der Waals surface area contributed by atoms with Crippen molar-refractivity contribution in [3.8, 4) is 11.8 Å². The molecule has 0 aliphatic heterocycles. The molecule has 0 amide bonds. The number of alkyl halides is 3. The molecule has 0 aromatic heterocycles. The lowest BCUT2D eigenvalue weighted by molar-refractivity contribution is -0.137. The van der Waals surface area contributed by atoms with Crippen LogP contribution in [0.25, 0.3) is 0 Å². The summed E-state index contributed by atoms with van der Waals surface area (Å²) in [5.74, 6) is 7.02. The van der Waals surface area contributed by atoms with Crippen LogP contribution in [0.5, 0.6) is 0 Å². The molecule has 0 radical (unpaired) electrons. The maximum absolute atomic E-state index is 12.6. The fraction of sp³-hybridized carbons (Fsp3) is 0.550.